The molecule has 3 aromatic heterocycles. The standard InChI is InChI=1S/C29H19F5N4O5/c1-41-22-12-19-24(38-28(22)42-2)21(9-10-35-19)43-20-8-7-16(11-18(20)31)37-27(40)17-13-36-26(29(32,33)34)23(25(17)39)14-3-5-15(30)6-4-14/h3-13H,1-2H3,(H,36,39)(H,37,40). The van der Waals surface area contributed by atoms with Crippen molar-refractivity contribution in [3.63, 3.8) is 0 Å². The van der Waals surface area contributed by atoms with Gasteiger partial charge in [-0.15, -0.1) is 0 Å². The molecule has 5 rings (SSSR count). The lowest BCUT2D eigenvalue weighted by Gasteiger charge is -2.16. The number of hydrogen-bond donors (Lipinski definition) is 2. The van der Waals surface area contributed by atoms with Crippen LogP contribution in [0.1, 0.15) is 16.1 Å². The first-order chi connectivity index (χ1) is 20.5. The second-order valence-electron chi connectivity index (χ2n) is 8.83. The third kappa shape index (κ3) is 5.80. The summed E-state index contributed by atoms with van der Waals surface area (Å²) >= 11 is 0. The van der Waals surface area contributed by atoms with Gasteiger partial charge in [0.05, 0.1) is 25.3 Å². The van der Waals surface area contributed by atoms with Gasteiger partial charge in [0.1, 0.15) is 22.6 Å². The van der Waals surface area contributed by atoms with E-state index in [4.69, 9.17) is 14.2 Å². The molecule has 0 spiro atoms. The first kappa shape index (κ1) is 29.0. The highest BCUT2D eigenvalue weighted by Crippen LogP contribution is 2.42. The van der Waals surface area contributed by atoms with Crippen LogP contribution in [-0.2, 0) is 6.18 Å². The minimum absolute atomic E-state index is 0.110. The third-order valence-corrected chi connectivity index (χ3v) is 6.13. The van der Waals surface area contributed by atoms with Gasteiger partial charge in [0, 0.05) is 36.3 Å². The van der Waals surface area contributed by atoms with E-state index in [1.54, 1.807) is 6.07 Å². The Morgan fingerprint density at radius 1 is 0.907 bits per heavy atom. The second-order valence-corrected chi connectivity index (χ2v) is 8.83. The van der Waals surface area contributed by atoms with Crippen LogP contribution in [0.3, 0.4) is 0 Å². The highest BCUT2D eigenvalue weighted by Gasteiger charge is 2.38. The van der Waals surface area contributed by atoms with Gasteiger partial charge in [0.2, 0.25) is 0 Å². The Hall–Kier alpha value is -5.53. The number of methoxy groups -OCH3 is 2. The zero-order valence-corrected chi connectivity index (χ0v) is 22.2. The number of aromatic hydroxyl groups is 1. The van der Waals surface area contributed by atoms with Gasteiger partial charge >= 0.3 is 6.18 Å². The molecule has 0 unspecified atom stereocenters. The molecule has 0 aliphatic rings. The number of hydrogen-bond acceptors (Lipinski definition) is 8. The monoisotopic (exact) mass is 598 g/mol. The highest BCUT2D eigenvalue weighted by atomic mass is 19.4. The van der Waals surface area contributed by atoms with E-state index in [9.17, 15) is 27.5 Å². The highest BCUT2D eigenvalue weighted by molar-refractivity contribution is 6.07. The van der Waals surface area contributed by atoms with Crippen molar-refractivity contribution in [2.75, 3.05) is 19.5 Å². The zero-order valence-electron chi connectivity index (χ0n) is 22.2. The molecule has 9 nitrogen and oxygen atoms in total. The normalized spacial score (nSPS) is 11.3. The van der Waals surface area contributed by atoms with Crippen LogP contribution >= 0.6 is 0 Å². The fourth-order valence-electron chi connectivity index (χ4n) is 4.14. The van der Waals surface area contributed by atoms with Gasteiger partial charge in [-0.3, -0.25) is 14.8 Å². The van der Waals surface area contributed by atoms with Crippen LogP contribution in [0.2, 0.25) is 0 Å². The van der Waals surface area contributed by atoms with Crippen molar-refractivity contribution in [1.82, 2.24) is 15.0 Å². The molecule has 0 aliphatic carbocycles. The molecule has 2 N–H and O–H groups in total. The van der Waals surface area contributed by atoms with Crippen molar-refractivity contribution >= 4 is 22.6 Å². The number of nitrogens with one attached hydrogen (secondary N) is 1. The van der Waals surface area contributed by atoms with E-state index in [0.717, 1.165) is 30.3 Å². The van der Waals surface area contributed by atoms with Gasteiger partial charge in [-0.25, -0.2) is 13.8 Å². The lowest BCUT2D eigenvalue weighted by atomic mass is 9.99. The minimum atomic E-state index is -5.00. The summed E-state index contributed by atoms with van der Waals surface area (Å²) in [7, 11) is 2.83. The summed E-state index contributed by atoms with van der Waals surface area (Å²) in [5.74, 6) is -3.40. The third-order valence-electron chi connectivity index (χ3n) is 6.13. The maximum Gasteiger partial charge on any atom is 0.434 e. The summed E-state index contributed by atoms with van der Waals surface area (Å²) < 4.78 is 85.5. The van der Waals surface area contributed by atoms with E-state index in [0.29, 0.717) is 17.5 Å². The van der Waals surface area contributed by atoms with Crippen molar-refractivity contribution in [3.05, 3.63) is 89.9 Å². The second kappa shape index (κ2) is 11.4. The Morgan fingerprint density at radius 3 is 2.30 bits per heavy atom. The number of rotatable bonds is 7. The van der Waals surface area contributed by atoms with E-state index in [1.807, 2.05) is 0 Å². The smallest absolute Gasteiger partial charge is 0.434 e. The lowest BCUT2D eigenvalue weighted by molar-refractivity contribution is -0.140. The lowest BCUT2D eigenvalue weighted by Crippen LogP contribution is -2.16. The fourth-order valence-corrected chi connectivity index (χ4v) is 4.14. The first-order valence-corrected chi connectivity index (χ1v) is 12.2. The molecule has 0 radical (unpaired) electrons. The average Bonchev–Trinajstić information content (AvgIpc) is 2.97. The number of carbonyl (C=O) groups excluding carboxylic acids is 1. The molecule has 3 heterocycles. The Labute approximate surface area is 239 Å². The topological polar surface area (TPSA) is 116 Å². The molecule has 0 fully saturated rings. The van der Waals surface area contributed by atoms with E-state index in [1.165, 1.54) is 38.6 Å². The molecule has 0 bridgehead atoms. The van der Waals surface area contributed by atoms with Gasteiger partial charge < -0.3 is 24.6 Å². The van der Waals surface area contributed by atoms with Crippen LogP contribution in [0.25, 0.3) is 22.2 Å². The molecule has 5 aromatic rings. The van der Waals surface area contributed by atoms with Crippen LogP contribution in [0, 0.1) is 11.6 Å². The van der Waals surface area contributed by atoms with Gasteiger partial charge in [-0.2, -0.15) is 13.2 Å². The van der Waals surface area contributed by atoms with Crippen LogP contribution in [0.4, 0.5) is 27.6 Å². The van der Waals surface area contributed by atoms with Crippen molar-refractivity contribution in [2.45, 2.75) is 6.18 Å². The maximum atomic E-state index is 15.1. The number of amides is 1. The van der Waals surface area contributed by atoms with E-state index < -0.39 is 46.3 Å². The van der Waals surface area contributed by atoms with E-state index in [2.05, 4.69) is 20.3 Å². The SMILES string of the molecule is COc1cc2nccc(Oc3ccc(NC(=O)c4cnc(C(F)(F)F)c(-c5ccc(F)cc5)c4O)cc3F)c2nc1OC. The van der Waals surface area contributed by atoms with Crippen LogP contribution in [0.5, 0.6) is 28.9 Å². The number of pyridine rings is 3. The molecule has 43 heavy (non-hydrogen) atoms. The van der Waals surface area contributed by atoms with Crippen LogP contribution in [0.15, 0.2) is 67.0 Å². The quantitative estimate of drug-likeness (QED) is 0.198. The number of benzene rings is 2. The number of ether oxygens (including phenoxy) is 3. The van der Waals surface area contributed by atoms with Gasteiger partial charge in [0.25, 0.3) is 11.8 Å². The number of nitrogens with zero attached hydrogens (tertiary/aromatic N) is 3. The number of fused-ring (bicyclic) bond motifs is 1. The molecular weight excluding hydrogens is 579 g/mol. The van der Waals surface area contributed by atoms with Gasteiger partial charge in [0.15, 0.2) is 28.8 Å². The fraction of sp³-hybridized carbons (Fsp3) is 0.103. The summed E-state index contributed by atoms with van der Waals surface area (Å²) in [4.78, 5) is 24.8. The van der Waals surface area contributed by atoms with Crippen LogP contribution in [-0.4, -0.2) is 40.2 Å². The molecular formula is C29H19F5N4O5. The van der Waals surface area contributed by atoms with Gasteiger partial charge in [-0.05, 0) is 29.8 Å². The summed E-state index contributed by atoms with van der Waals surface area (Å²) in [6, 6.07) is 10.2. The van der Waals surface area contributed by atoms with E-state index in [-0.39, 0.29) is 34.1 Å². The maximum absolute atomic E-state index is 15.1. The zero-order chi connectivity index (χ0) is 30.9. The molecule has 0 saturated carbocycles. The van der Waals surface area contributed by atoms with Gasteiger partial charge in [-0.1, -0.05) is 12.1 Å². The molecule has 0 atom stereocenters. The van der Waals surface area contributed by atoms with Crippen molar-refractivity contribution in [2.24, 2.45) is 0 Å². The number of carbonyl (C=O) groups is 1. The summed E-state index contributed by atoms with van der Waals surface area (Å²) in [6.45, 7) is 0. The number of aromatic nitrogens is 3. The Balaban J connectivity index is 1.43. The molecule has 2 aromatic carbocycles. The first-order valence-electron chi connectivity index (χ1n) is 12.2. The van der Waals surface area contributed by atoms with Crippen molar-refractivity contribution in [3.8, 4) is 40.0 Å². The average molecular weight is 598 g/mol. The van der Waals surface area contributed by atoms with Crippen molar-refractivity contribution in [1.29, 1.82) is 0 Å². The Morgan fingerprint density at radius 2 is 1.65 bits per heavy atom. The molecule has 0 saturated heterocycles. The van der Waals surface area contributed by atoms with Crippen molar-refractivity contribution < 1.29 is 46.1 Å². The van der Waals surface area contributed by atoms with E-state index >= 15 is 4.39 Å². The number of alkyl halides is 3. The predicted molar refractivity (Wildman–Crippen MR) is 143 cm³/mol. The molecule has 1 amide bonds. The largest absolute Gasteiger partial charge is 0.506 e. The van der Waals surface area contributed by atoms with Crippen LogP contribution < -0.4 is 19.5 Å². The molecule has 220 valence electrons. The molecule has 14 heteroatoms. The Kier molecular flexibility index (Phi) is 7.68. The molecule has 0 aliphatic heterocycles. The number of halogens is 5. The minimum Gasteiger partial charge on any atom is -0.506 e. The summed E-state index contributed by atoms with van der Waals surface area (Å²) in [6.07, 6.45) is -3.04. The Bertz CT molecular complexity index is 1850. The summed E-state index contributed by atoms with van der Waals surface area (Å²) in [5, 5.41) is 13.0. The summed E-state index contributed by atoms with van der Waals surface area (Å²) in [5.41, 5.74) is -2.63. The number of anilines is 1. The predicted octanol–water partition coefficient (Wildman–Crippen LogP) is 6.76.